The van der Waals surface area contributed by atoms with Gasteiger partial charge in [-0.2, -0.15) is 0 Å². The smallest absolute Gasteiger partial charge is 0.290 e. The van der Waals surface area contributed by atoms with Crippen molar-refractivity contribution in [3.05, 3.63) is 39.4 Å². The number of thiophene rings is 1. The van der Waals surface area contributed by atoms with E-state index in [2.05, 4.69) is 22.3 Å². The van der Waals surface area contributed by atoms with Gasteiger partial charge in [-0.1, -0.05) is 17.0 Å². The van der Waals surface area contributed by atoms with Crippen LogP contribution in [0.25, 0.3) is 0 Å². The monoisotopic (exact) mass is 276 g/mol. The number of nitrogens with zero attached hydrogens (tertiary/aromatic N) is 1. The number of carbonyl (C=O) groups is 1. The third kappa shape index (κ3) is 3.68. The van der Waals surface area contributed by atoms with Gasteiger partial charge >= 0.3 is 0 Å². The minimum absolute atomic E-state index is 0.158. The van der Waals surface area contributed by atoms with E-state index in [1.807, 2.05) is 12.1 Å². The number of rotatable bonds is 3. The van der Waals surface area contributed by atoms with Crippen LogP contribution in [-0.2, 0) is 6.54 Å². The summed E-state index contributed by atoms with van der Waals surface area (Å²) in [5, 5.41) is 15.0. The Balaban J connectivity index is 1.92. The van der Waals surface area contributed by atoms with Crippen molar-refractivity contribution in [2.45, 2.75) is 13.5 Å². The predicted molar refractivity (Wildman–Crippen MR) is 70.7 cm³/mol. The second kappa shape index (κ2) is 6.18. The molecule has 0 aliphatic heterocycles. The molecular formula is C13H12N2O3S. The van der Waals surface area contributed by atoms with Crippen LogP contribution in [0.1, 0.15) is 26.0 Å². The van der Waals surface area contributed by atoms with Gasteiger partial charge in [-0.15, -0.1) is 11.3 Å². The number of nitrogens with one attached hydrogen (secondary N) is 1. The quantitative estimate of drug-likeness (QED) is 0.829. The van der Waals surface area contributed by atoms with Gasteiger partial charge in [0.1, 0.15) is 6.61 Å². The lowest BCUT2D eigenvalue weighted by molar-refractivity contribution is 0.0914. The Morgan fingerprint density at radius 3 is 3.11 bits per heavy atom. The van der Waals surface area contributed by atoms with E-state index in [9.17, 15) is 4.79 Å². The molecule has 0 aliphatic rings. The second-order valence-corrected chi connectivity index (χ2v) is 4.91. The van der Waals surface area contributed by atoms with Crippen LogP contribution in [0.15, 0.2) is 22.7 Å². The highest BCUT2D eigenvalue weighted by Gasteiger charge is 2.11. The Labute approximate surface area is 114 Å². The maximum absolute atomic E-state index is 11.7. The molecule has 0 aromatic carbocycles. The molecule has 2 heterocycles. The topological polar surface area (TPSA) is 75.4 Å². The molecule has 0 unspecified atom stereocenters. The summed E-state index contributed by atoms with van der Waals surface area (Å²) in [6.45, 7) is 2.00. The van der Waals surface area contributed by atoms with Gasteiger partial charge in [-0.05, 0) is 19.1 Å². The number of amides is 1. The molecule has 5 nitrogen and oxygen atoms in total. The summed E-state index contributed by atoms with van der Waals surface area (Å²) in [4.78, 5) is 13.5. The number of aliphatic hydroxyl groups excluding tert-OH is 1. The van der Waals surface area contributed by atoms with Crippen molar-refractivity contribution < 1.29 is 14.4 Å². The molecule has 0 bridgehead atoms. The van der Waals surface area contributed by atoms with E-state index in [-0.39, 0.29) is 18.3 Å². The molecule has 98 valence electrons. The number of hydrogen-bond donors (Lipinski definition) is 2. The first kappa shape index (κ1) is 13.3. The van der Waals surface area contributed by atoms with Crippen molar-refractivity contribution in [1.82, 2.24) is 10.5 Å². The van der Waals surface area contributed by atoms with Crippen LogP contribution in [0.3, 0.4) is 0 Å². The largest absolute Gasteiger partial charge is 0.384 e. The summed E-state index contributed by atoms with van der Waals surface area (Å²) >= 11 is 1.47. The van der Waals surface area contributed by atoms with Gasteiger partial charge in [0.25, 0.3) is 5.91 Å². The summed E-state index contributed by atoms with van der Waals surface area (Å²) in [5.74, 6) is 5.30. The SMILES string of the molecule is Cc1cc(C(=O)NCc2ccc(C#CCO)s2)on1. The predicted octanol–water partition coefficient (Wildman–Crippen LogP) is 1.32. The average molecular weight is 276 g/mol. The zero-order valence-electron chi connectivity index (χ0n) is 10.3. The molecule has 0 saturated heterocycles. The molecule has 0 aliphatic carbocycles. The minimum Gasteiger partial charge on any atom is -0.384 e. The van der Waals surface area contributed by atoms with Gasteiger partial charge in [0.2, 0.25) is 5.76 Å². The fourth-order valence-electron chi connectivity index (χ4n) is 1.39. The lowest BCUT2D eigenvalue weighted by Crippen LogP contribution is -2.21. The summed E-state index contributed by atoms with van der Waals surface area (Å²) in [6.07, 6.45) is 0. The first-order valence-electron chi connectivity index (χ1n) is 5.59. The highest BCUT2D eigenvalue weighted by atomic mass is 32.1. The Morgan fingerprint density at radius 1 is 1.58 bits per heavy atom. The highest BCUT2D eigenvalue weighted by molar-refractivity contribution is 7.12. The van der Waals surface area contributed by atoms with Gasteiger partial charge in [0.15, 0.2) is 0 Å². The summed E-state index contributed by atoms with van der Waals surface area (Å²) < 4.78 is 4.86. The first-order chi connectivity index (χ1) is 9.19. The fourth-order valence-corrected chi connectivity index (χ4v) is 2.21. The molecule has 1 amide bonds. The number of aliphatic hydroxyl groups is 1. The molecule has 0 atom stereocenters. The maximum atomic E-state index is 11.7. The van der Waals surface area contributed by atoms with Crippen molar-refractivity contribution in [2.75, 3.05) is 6.61 Å². The third-order valence-corrected chi connectivity index (χ3v) is 3.23. The summed E-state index contributed by atoms with van der Waals surface area (Å²) in [5.41, 5.74) is 0.669. The lowest BCUT2D eigenvalue weighted by atomic mass is 10.3. The Morgan fingerprint density at radius 2 is 2.42 bits per heavy atom. The van der Waals surface area contributed by atoms with Gasteiger partial charge in [-0.3, -0.25) is 4.79 Å². The Bertz CT molecular complexity index is 634. The molecular weight excluding hydrogens is 264 g/mol. The standard InChI is InChI=1S/C13H12N2O3S/c1-9-7-12(18-15-9)13(17)14-8-11-5-4-10(19-11)3-2-6-16/h4-5,7,16H,6,8H2,1H3,(H,14,17). The zero-order chi connectivity index (χ0) is 13.7. The van der Waals surface area contributed by atoms with Gasteiger partial charge in [-0.25, -0.2) is 0 Å². The number of aromatic nitrogens is 1. The first-order valence-corrected chi connectivity index (χ1v) is 6.40. The van der Waals surface area contributed by atoms with E-state index in [1.165, 1.54) is 11.3 Å². The lowest BCUT2D eigenvalue weighted by Gasteiger charge is -1.99. The second-order valence-electron chi connectivity index (χ2n) is 3.74. The van der Waals surface area contributed by atoms with Crippen molar-refractivity contribution in [3.63, 3.8) is 0 Å². The van der Waals surface area contributed by atoms with E-state index >= 15 is 0 Å². The highest BCUT2D eigenvalue weighted by Crippen LogP contribution is 2.15. The summed E-state index contributed by atoms with van der Waals surface area (Å²) in [7, 11) is 0. The molecule has 2 aromatic heterocycles. The van der Waals surface area contributed by atoms with Crippen LogP contribution in [0, 0.1) is 18.8 Å². The van der Waals surface area contributed by atoms with E-state index in [0.29, 0.717) is 12.2 Å². The van der Waals surface area contributed by atoms with E-state index in [4.69, 9.17) is 9.63 Å². The van der Waals surface area contributed by atoms with E-state index in [1.54, 1.807) is 13.0 Å². The van der Waals surface area contributed by atoms with Crippen molar-refractivity contribution in [2.24, 2.45) is 0 Å². The van der Waals surface area contributed by atoms with Crippen molar-refractivity contribution in [1.29, 1.82) is 0 Å². The van der Waals surface area contributed by atoms with Crippen LogP contribution in [0.4, 0.5) is 0 Å². The van der Waals surface area contributed by atoms with Crippen LogP contribution in [0.5, 0.6) is 0 Å². The molecule has 2 aromatic rings. The molecule has 6 heteroatoms. The third-order valence-electron chi connectivity index (χ3n) is 2.23. The summed E-state index contributed by atoms with van der Waals surface area (Å²) in [6, 6.07) is 5.33. The maximum Gasteiger partial charge on any atom is 0.290 e. The van der Waals surface area contributed by atoms with Crippen molar-refractivity contribution in [3.8, 4) is 11.8 Å². The van der Waals surface area contributed by atoms with Crippen LogP contribution in [-0.4, -0.2) is 22.8 Å². The molecule has 0 saturated carbocycles. The van der Waals surface area contributed by atoms with E-state index < -0.39 is 0 Å². The van der Waals surface area contributed by atoms with Crippen molar-refractivity contribution >= 4 is 17.2 Å². The molecule has 0 radical (unpaired) electrons. The Kier molecular flexibility index (Phi) is 4.34. The normalized spacial score (nSPS) is 9.79. The van der Waals surface area contributed by atoms with Crippen LogP contribution < -0.4 is 5.32 Å². The number of carbonyl (C=O) groups excluding carboxylic acids is 1. The Hall–Kier alpha value is -2.10. The molecule has 2 rings (SSSR count). The van der Waals surface area contributed by atoms with Gasteiger partial charge in [0, 0.05) is 10.9 Å². The van der Waals surface area contributed by atoms with E-state index in [0.717, 1.165) is 9.75 Å². The van der Waals surface area contributed by atoms with Crippen LogP contribution >= 0.6 is 11.3 Å². The average Bonchev–Trinajstić information content (AvgIpc) is 3.02. The van der Waals surface area contributed by atoms with Crippen LogP contribution in [0.2, 0.25) is 0 Å². The number of hydrogen-bond acceptors (Lipinski definition) is 5. The zero-order valence-corrected chi connectivity index (χ0v) is 11.1. The number of aryl methyl sites for hydroxylation is 1. The van der Waals surface area contributed by atoms with Gasteiger partial charge in [0.05, 0.1) is 17.1 Å². The minimum atomic E-state index is -0.294. The molecule has 19 heavy (non-hydrogen) atoms. The molecule has 0 fully saturated rings. The fraction of sp³-hybridized carbons (Fsp3) is 0.231. The molecule has 0 spiro atoms. The molecule has 2 N–H and O–H groups in total. The van der Waals surface area contributed by atoms with Gasteiger partial charge < -0.3 is 14.9 Å².